The Morgan fingerprint density at radius 2 is 1.96 bits per heavy atom. The van der Waals surface area contributed by atoms with Crippen LogP contribution in [0.15, 0.2) is 29.2 Å². The van der Waals surface area contributed by atoms with Crippen LogP contribution in [-0.2, 0) is 19.4 Å². The van der Waals surface area contributed by atoms with E-state index in [1.807, 2.05) is 12.1 Å². The predicted octanol–water partition coefficient (Wildman–Crippen LogP) is 2.55. The molecule has 26 heavy (non-hydrogen) atoms. The molecule has 1 heterocycles. The molecule has 1 aliphatic heterocycles. The molecular weight excluding hydrogens is 372 g/mol. The lowest BCUT2D eigenvalue weighted by Gasteiger charge is -2.28. The largest absolute Gasteiger partial charge is 0.338 e. The first-order valence-corrected chi connectivity index (χ1v) is 11.6. The molecule has 0 unspecified atom stereocenters. The molecule has 0 bridgehead atoms. The van der Waals surface area contributed by atoms with Crippen LogP contribution in [0.1, 0.15) is 33.1 Å². The molecule has 2 rings (SSSR count). The van der Waals surface area contributed by atoms with Crippen molar-refractivity contribution in [2.75, 3.05) is 29.1 Å². The number of nitrogens with one attached hydrogen (secondary N) is 1. The number of rotatable bonds is 8. The summed E-state index contributed by atoms with van der Waals surface area (Å²) in [6.45, 7) is 4.12. The molecule has 1 aliphatic rings. The monoisotopic (exact) mass is 398 g/mol. The summed E-state index contributed by atoms with van der Waals surface area (Å²) in [6, 6.07) is 7.13. The number of carbonyl (C=O) groups is 2. The standard InChI is InChI=1S/C18H26N2O4S2/c1-3-4-10-20(16-9-11-26(23,24)13-16)18(22)12-25-17-7-5-15(6-8-17)19-14(2)21/h5-8,16H,3-4,9-13H2,1-2H3,(H,19,21)/t16-/m0/s1. The number of hydrogen-bond acceptors (Lipinski definition) is 5. The van der Waals surface area contributed by atoms with Crippen molar-refractivity contribution in [3.05, 3.63) is 24.3 Å². The molecule has 0 aromatic heterocycles. The smallest absolute Gasteiger partial charge is 0.233 e. The van der Waals surface area contributed by atoms with Crippen molar-refractivity contribution in [3.8, 4) is 0 Å². The van der Waals surface area contributed by atoms with Gasteiger partial charge in [0, 0.05) is 30.1 Å². The van der Waals surface area contributed by atoms with Gasteiger partial charge in [-0.15, -0.1) is 11.8 Å². The van der Waals surface area contributed by atoms with Gasteiger partial charge in [-0.25, -0.2) is 8.42 Å². The maximum absolute atomic E-state index is 12.7. The molecule has 0 saturated carbocycles. The van der Waals surface area contributed by atoms with Crippen LogP contribution < -0.4 is 5.32 Å². The zero-order valence-corrected chi connectivity index (χ0v) is 16.9. The van der Waals surface area contributed by atoms with Crippen LogP contribution in [0.5, 0.6) is 0 Å². The van der Waals surface area contributed by atoms with Crippen LogP contribution in [0.3, 0.4) is 0 Å². The van der Waals surface area contributed by atoms with Gasteiger partial charge in [-0.1, -0.05) is 13.3 Å². The molecule has 1 aromatic rings. The summed E-state index contributed by atoms with van der Waals surface area (Å²) in [4.78, 5) is 26.4. The molecular formula is C18H26N2O4S2. The molecule has 1 fully saturated rings. The zero-order chi connectivity index (χ0) is 19.2. The predicted molar refractivity (Wildman–Crippen MR) is 105 cm³/mol. The van der Waals surface area contributed by atoms with Gasteiger partial charge in [0.05, 0.1) is 17.3 Å². The quantitative estimate of drug-likeness (QED) is 0.681. The topological polar surface area (TPSA) is 83.6 Å². The number of carbonyl (C=O) groups excluding carboxylic acids is 2. The third kappa shape index (κ3) is 6.32. The lowest BCUT2D eigenvalue weighted by atomic mass is 10.2. The van der Waals surface area contributed by atoms with E-state index in [4.69, 9.17) is 0 Å². The number of amides is 2. The van der Waals surface area contributed by atoms with E-state index < -0.39 is 9.84 Å². The first kappa shape index (κ1) is 20.8. The van der Waals surface area contributed by atoms with Crippen molar-refractivity contribution in [1.29, 1.82) is 0 Å². The number of anilines is 1. The van der Waals surface area contributed by atoms with Crippen LogP contribution in [0.2, 0.25) is 0 Å². The highest BCUT2D eigenvalue weighted by Crippen LogP contribution is 2.23. The normalized spacial score (nSPS) is 18.5. The van der Waals surface area contributed by atoms with E-state index in [-0.39, 0.29) is 35.1 Å². The highest BCUT2D eigenvalue weighted by molar-refractivity contribution is 8.00. The number of benzene rings is 1. The first-order valence-electron chi connectivity index (χ1n) is 8.81. The minimum Gasteiger partial charge on any atom is -0.338 e. The van der Waals surface area contributed by atoms with Crippen LogP contribution in [0.4, 0.5) is 5.69 Å². The molecule has 0 aliphatic carbocycles. The fraction of sp³-hybridized carbons (Fsp3) is 0.556. The third-order valence-electron chi connectivity index (χ3n) is 4.26. The van der Waals surface area contributed by atoms with E-state index in [0.29, 0.717) is 18.7 Å². The Morgan fingerprint density at radius 3 is 2.50 bits per heavy atom. The number of unbranched alkanes of at least 4 members (excludes halogenated alkanes) is 1. The van der Waals surface area contributed by atoms with Crippen LogP contribution in [-0.4, -0.2) is 55.0 Å². The van der Waals surface area contributed by atoms with Gasteiger partial charge in [0.25, 0.3) is 0 Å². The lowest BCUT2D eigenvalue weighted by Crippen LogP contribution is -2.42. The van der Waals surface area contributed by atoms with Gasteiger partial charge in [0.2, 0.25) is 11.8 Å². The molecule has 144 valence electrons. The third-order valence-corrected chi connectivity index (χ3v) is 7.01. The van der Waals surface area contributed by atoms with E-state index in [9.17, 15) is 18.0 Å². The summed E-state index contributed by atoms with van der Waals surface area (Å²) < 4.78 is 23.5. The molecule has 6 nitrogen and oxygen atoms in total. The fourth-order valence-corrected chi connectivity index (χ4v) is 5.44. The Balaban J connectivity index is 1.95. The Kier molecular flexibility index (Phi) is 7.52. The Bertz CT molecular complexity index is 732. The highest BCUT2D eigenvalue weighted by Gasteiger charge is 2.34. The zero-order valence-electron chi connectivity index (χ0n) is 15.2. The minimum absolute atomic E-state index is 0.0171. The molecule has 0 radical (unpaired) electrons. The van der Waals surface area contributed by atoms with Gasteiger partial charge in [0.15, 0.2) is 9.84 Å². The van der Waals surface area contributed by atoms with Crippen molar-refractivity contribution >= 4 is 39.1 Å². The number of hydrogen-bond donors (Lipinski definition) is 1. The van der Waals surface area contributed by atoms with Gasteiger partial charge >= 0.3 is 0 Å². The number of sulfone groups is 1. The summed E-state index contributed by atoms with van der Waals surface area (Å²) in [6.07, 6.45) is 2.37. The number of nitrogens with zero attached hydrogens (tertiary/aromatic N) is 1. The fourth-order valence-electron chi connectivity index (χ4n) is 2.93. The van der Waals surface area contributed by atoms with Crippen LogP contribution in [0, 0.1) is 0 Å². The van der Waals surface area contributed by atoms with Gasteiger partial charge in [0.1, 0.15) is 0 Å². The van der Waals surface area contributed by atoms with Crippen molar-refractivity contribution in [1.82, 2.24) is 4.90 Å². The van der Waals surface area contributed by atoms with Gasteiger partial charge in [-0.05, 0) is 37.1 Å². The summed E-state index contributed by atoms with van der Waals surface area (Å²) in [7, 11) is -3.02. The molecule has 8 heteroatoms. The van der Waals surface area contributed by atoms with Crippen molar-refractivity contribution in [2.45, 2.75) is 44.0 Å². The molecule has 1 saturated heterocycles. The van der Waals surface area contributed by atoms with E-state index in [1.165, 1.54) is 18.7 Å². The molecule has 1 aromatic carbocycles. The lowest BCUT2D eigenvalue weighted by molar-refractivity contribution is -0.130. The number of thioether (sulfide) groups is 1. The SMILES string of the molecule is CCCCN(C(=O)CSc1ccc(NC(C)=O)cc1)[C@H]1CCS(=O)(=O)C1. The van der Waals surface area contributed by atoms with E-state index >= 15 is 0 Å². The maximum atomic E-state index is 12.7. The average molecular weight is 399 g/mol. The summed E-state index contributed by atoms with van der Waals surface area (Å²) >= 11 is 1.42. The second-order valence-electron chi connectivity index (χ2n) is 6.49. The van der Waals surface area contributed by atoms with Crippen molar-refractivity contribution < 1.29 is 18.0 Å². The highest BCUT2D eigenvalue weighted by atomic mass is 32.2. The molecule has 1 atom stereocenters. The molecule has 2 amide bonds. The van der Waals surface area contributed by atoms with E-state index in [0.717, 1.165) is 17.7 Å². The van der Waals surface area contributed by atoms with Crippen molar-refractivity contribution in [2.24, 2.45) is 0 Å². The maximum Gasteiger partial charge on any atom is 0.233 e. The Morgan fingerprint density at radius 1 is 1.27 bits per heavy atom. The second-order valence-corrected chi connectivity index (χ2v) is 9.77. The summed E-state index contributed by atoms with van der Waals surface area (Å²) in [5, 5.41) is 2.70. The second kappa shape index (κ2) is 9.41. The van der Waals surface area contributed by atoms with Crippen LogP contribution >= 0.6 is 11.8 Å². The van der Waals surface area contributed by atoms with Gasteiger partial charge in [-0.3, -0.25) is 9.59 Å². The summed E-state index contributed by atoms with van der Waals surface area (Å²) in [5.41, 5.74) is 0.717. The van der Waals surface area contributed by atoms with Gasteiger partial charge in [-0.2, -0.15) is 0 Å². The van der Waals surface area contributed by atoms with Crippen LogP contribution in [0.25, 0.3) is 0 Å². The Hall–Kier alpha value is -1.54. The van der Waals surface area contributed by atoms with Gasteiger partial charge < -0.3 is 10.2 Å². The summed E-state index contributed by atoms with van der Waals surface area (Å²) in [5.74, 6) is 0.388. The average Bonchev–Trinajstić information content (AvgIpc) is 2.94. The van der Waals surface area contributed by atoms with E-state index in [2.05, 4.69) is 12.2 Å². The van der Waals surface area contributed by atoms with Crippen molar-refractivity contribution in [3.63, 3.8) is 0 Å². The molecule has 0 spiro atoms. The van der Waals surface area contributed by atoms with E-state index in [1.54, 1.807) is 17.0 Å². The molecule has 1 N–H and O–H groups in total. The first-order chi connectivity index (χ1) is 12.3. The minimum atomic E-state index is -3.02. The Labute approximate surface area is 159 Å².